The Morgan fingerprint density at radius 2 is 2.00 bits per heavy atom. The van der Waals surface area contributed by atoms with Crippen LogP contribution in [0.5, 0.6) is 0 Å². The Kier molecular flexibility index (Phi) is 3.82. The lowest BCUT2D eigenvalue weighted by Gasteiger charge is -2.34. The summed E-state index contributed by atoms with van der Waals surface area (Å²) in [6.07, 6.45) is 9.88. The minimum atomic E-state index is 0.497. The van der Waals surface area contributed by atoms with Crippen molar-refractivity contribution in [2.24, 2.45) is 5.92 Å². The second-order valence-electron chi connectivity index (χ2n) is 5.00. The molecule has 0 bridgehead atoms. The van der Waals surface area contributed by atoms with Gasteiger partial charge in [-0.3, -0.25) is 4.98 Å². The van der Waals surface area contributed by atoms with Crippen molar-refractivity contribution in [1.29, 1.82) is 0 Å². The Morgan fingerprint density at radius 3 is 2.59 bits per heavy atom. The topological polar surface area (TPSA) is 55.0 Å². The second-order valence-corrected chi connectivity index (χ2v) is 5.00. The van der Waals surface area contributed by atoms with E-state index in [1.165, 1.54) is 32.1 Å². The average molecular weight is 234 g/mol. The van der Waals surface area contributed by atoms with E-state index in [2.05, 4.69) is 28.8 Å². The molecule has 0 radical (unpaired) electrons. The Balaban J connectivity index is 1.99. The molecule has 17 heavy (non-hydrogen) atoms. The van der Waals surface area contributed by atoms with Crippen LogP contribution in [0.3, 0.4) is 0 Å². The van der Waals surface area contributed by atoms with E-state index in [0.717, 1.165) is 11.7 Å². The van der Waals surface area contributed by atoms with Crippen molar-refractivity contribution >= 4 is 11.6 Å². The van der Waals surface area contributed by atoms with Gasteiger partial charge in [-0.15, -0.1) is 0 Å². The average Bonchev–Trinajstić information content (AvgIpc) is 2.38. The number of hydrogen-bond acceptors (Lipinski definition) is 4. The van der Waals surface area contributed by atoms with Crippen LogP contribution in [0.1, 0.15) is 39.0 Å². The van der Waals surface area contributed by atoms with Gasteiger partial charge in [-0.25, -0.2) is 4.98 Å². The molecule has 2 rings (SSSR count). The van der Waals surface area contributed by atoms with Crippen LogP contribution in [0.25, 0.3) is 0 Å². The lowest BCUT2D eigenvalue weighted by Crippen LogP contribution is -2.35. The molecule has 1 aliphatic carbocycles. The third kappa shape index (κ3) is 2.87. The third-order valence-corrected chi connectivity index (χ3v) is 3.94. The molecule has 0 amide bonds. The summed E-state index contributed by atoms with van der Waals surface area (Å²) in [4.78, 5) is 10.7. The summed E-state index contributed by atoms with van der Waals surface area (Å²) >= 11 is 0. The van der Waals surface area contributed by atoms with Crippen LogP contribution in [0.15, 0.2) is 12.4 Å². The lowest BCUT2D eigenvalue weighted by molar-refractivity contribution is 0.313. The first kappa shape index (κ1) is 12.1. The molecule has 0 aromatic carbocycles. The monoisotopic (exact) mass is 234 g/mol. The number of aromatic nitrogens is 2. The second kappa shape index (κ2) is 5.34. The number of nitrogens with two attached hydrogens (primary N) is 1. The van der Waals surface area contributed by atoms with Crippen molar-refractivity contribution in [3.8, 4) is 0 Å². The summed E-state index contributed by atoms with van der Waals surface area (Å²) < 4.78 is 0. The zero-order valence-corrected chi connectivity index (χ0v) is 10.8. The number of hydrogen-bond donors (Lipinski definition) is 1. The molecule has 0 saturated heterocycles. The Bertz CT molecular complexity index is 358. The van der Waals surface area contributed by atoms with Crippen LogP contribution >= 0.6 is 0 Å². The van der Waals surface area contributed by atoms with Gasteiger partial charge in [-0.1, -0.05) is 13.3 Å². The maximum atomic E-state index is 5.67. The fourth-order valence-corrected chi connectivity index (χ4v) is 2.67. The molecule has 4 nitrogen and oxygen atoms in total. The van der Waals surface area contributed by atoms with Gasteiger partial charge in [0.15, 0.2) is 0 Å². The number of nitrogens with zero attached hydrogens (tertiary/aromatic N) is 3. The molecule has 94 valence electrons. The molecule has 0 unspecified atom stereocenters. The highest BCUT2D eigenvalue weighted by Gasteiger charge is 2.23. The number of rotatable bonds is 3. The molecule has 2 N–H and O–H groups in total. The van der Waals surface area contributed by atoms with Crippen LogP contribution in [0, 0.1) is 5.92 Å². The van der Waals surface area contributed by atoms with E-state index in [0.29, 0.717) is 11.9 Å². The summed E-state index contributed by atoms with van der Waals surface area (Å²) in [5, 5.41) is 0. The summed E-state index contributed by atoms with van der Waals surface area (Å²) in [6.45, 7) is 2.29. The highest BCUT2D eigenvalue weighted by Crippen LogP contribution is 2.30. The molecule has 1 saturated carbocycles. The van der Waals surface area contributed by atoms with E-state index in [-0.39, 0.29) is 0 Å². The van der Waals surface area contributed by atoms with E-state index < -0.39 is 0 Å². The minimum absolute atomic E-state index is 0.497. The van der Waals surface area contributed by atoms with E-state index in [1.54, 1.807) is 12.4 Å². The van der Waals surface area contributed by atoms with Crippen LogP contribution < -0.4 is 10.6 Å². The molecule has 4 heteroatoms. The van der Waals surface area contributed by atoms with Crippen LogP contribution in [-0.4, -0.2) is 23.1 Å². The van der Waals surface area contributed by atoms with Gasteiger partial charge >= 0.3 is 0 Å². The van der Waals surface area contributed by atoms with E-state index in [4.69, 9.17) is 5.73 Å². The van der Waals surface area contributed by atoms with Gasteiger partial charge in [0.1, 0.15) is 11.6 Å². The molecule has 1 aliphatic rings. The molecular weight excluding hydrogens is 212 g/mol. The van der Waals surface area contributed by atoms with Crippen LogP contribution in [-0.2, 0) is 0 Å². The van der Waals surface area contributed by atoms with Crippen LogP contribution in [0.4, 0.5) is 11.6 Å². The molecule has 0 aliphatic heterocycles. The van der Waals surface area contributed by atoms with Crippen molar-refractivity contribution in [2.45, 2.75) is 45.1 Å². The smallest absolute Gasteiger partial charge is 0.149 e. The molecule has 1 aromatic heterocycles. The van der Waals surface area contributed by atoms with Gasteiger partial charge in [0.25, 0.3) is 0 Å². The third-order valence-electron chi connectivity index (χ3n) is 3.94. The first-order chi connectivity index (χ1) is 8.20. The zero-order valence-electron chi connectivity index (χ0n) is 10.8. The Hall–Kier alpha value is -1.32. The molecular formula is C13H22N4. The maximum Gasteiger partial charge on any atom is 0.149 e. The largest absolute Gasteiger partial charge is 0.382 e. The number of anilines is 2. The van der Waals surface area contributed by atoms with Crippen LogP contribution in [0.2, 0.25) is 0 Å². The van der Waals surface area contributed by atoms with E-state index in [1.807, 2.05) is 0 Å². The fraction of sp³-hybridized carbons (Fsp3) is 0.692. The van der Waals surface area contributed by atoms with Gasteiger partial charge in [-0.2, -0.15) is 0 Å². The highest BCUT2D eigenvalue weighted by molar-refractivity contribution is 5.41. The highest BCUT2D eigenvalue weighted by atomic mass is 15.2. The van der Waals surface area contributed by atoms with Gasteiger partial charge in [-0.05, 0) is 31.6 Å². The van der Waals surface area contributed by atoms with Gasteiger partial charge in [0.2, 0.25) is 0 Å². The normalized spacial score (nSPS) is 24.6. The first-order valence-corrected chi connectivity index (χ1v) is 6.51. The standard InChI is InChI=1S/C13H22N4/c1-3-10-4-6-11(7-5-10)17(2)13-9-15-8-12(14)16-13/h8-11H,3-7H2,1-2H3,(H2,14,16). The maximum absolute atomic E-state index is 5.67. The van der Waals surface area contributed by atoms with Crippen molar-refractivity contribution < 1.29 is 0 Å². The summed E-state index contributed by atoms with van der Waals surface area (Å²) in [5.74, 6) is 2.31. The van der Waals surface area contributed by atoms with Gasteiger partial charge in [0.05, 0.1) is 12.4 Å². The minimum Gasteiger partial charge on any atom is -0.382 e. The van der Waals surface area contributed by atoms with Crippen molar-refractivity contribution in [2.75, 3.05) is 17.7 Å². The zero-order chi connectivity index (χ0) is 12.3. The molecule has 0 spiro atoms. The first-order valence-electron chi connectivity index (χ1n) is 6.51. The summed E-state index contributed by atoms with van der Waals surface area (Å²) in [6, 6.07) is 0.592. The van der Waals surface area contributed by atoms with E-state index >= 15 is 0 Å². The van der Waals surface area contributed by atoms with Crippen molar-refractivity contribution in [1.82, 2.24) is 9.97 Å². The quantitative estimate of drug-likeness (QED) is 0.873. The Labute approximate surface area is 103 Å². The SMILES string of the molecule is CCC1CCC(N(C)c2cncc(N)n2)CC1. The fourth-order valence-electron chi connectivity index (χ4n) is 2.67. The van der Waals surface area contributed by atoms with Gasteiger partial charge in [0, 0.05) is 13.1 Å². The molecule has 1 fully saturated rings. The van der Waals surface area contributed by atoms with Gasteiger partial charge < -0.3 is 10.6 Å². The summed E-state index contributed by atoms with van der Waals surface area (Å²) in [5.41, 5.74) is 5.67. The van der Waals surface area contributed by atoms with Crippen molar-refractivity contribution in [3.05, 3.63) is 12.4 Å². The Morgan fingerprint density at radius 1 is 1.29 bits per heavy atom. The predicted molar refractivity (Wildman–Crippen MR) is 70.9 cm³/mol. The predicted octanol–water partition coefficient (Wildman–Crippen LogP) is 2.46. The summed E-state index contributed by atoms with van der Waals surface area (Å²) in [7, 11) is 2.10. The molecule has 1 aromatic rings. The molecule has 0 atom stereocenters. The van der Waals surface area contributed by atoms with Crippen molar-refractivity contribution in [3.63, 3.8) is 0 Å². The van der Waals surface area contributed by atoms with E-state index in [9.17, 15) is 0 Å². The lowest BCUT2D eigenvalue weighted by atomic mass is 9.84. The number of nitrogen functional groups attached to an aromatic ring is 1. The molecule has 1 heterocycles.